The molecule has 4 aliphatic carbocycles. The topological polar surface area (TPSA) is 32.3 Å². The minimum Gasteiger partial charge on any atom is -0.322 e. The van der Waals surface area contributed by atoms with Gasteiger partial charge in [0.05, 0.1) is 11.7 Å². The van der Waals surface area contributed by atoms with Crippen LogP contribution in [-0.4, -0.2) is 28.6 Å². The molecule has 1 amide bonds. The van der Waals surface area contributed by atoms with Crippen molar-refractivity contribution in [3.63, 3.8) is 0 Å². The highest BCUT2D eigenvalue weighted by Crippen LogP contribution is 2.68. The zero-order valence-corrected chi connectivity index (χ0v) is 11.8. The highest BCUT2D eigenvalue weighted by molar-refractivity contribution is 5.92. The van der Waals surface area contributed by atoms with E-state index in [1.54, 1.807) is 0 Å². The van der Waals surface area contributed by atoms with Gasteiger partial charge in [-0.05, 0) is 62.2 Å². The van der Waals surface area contributed by atoms with Crippen molar-refractivity contribution in [1.82, 2.24) is 10.2 Å². The SMILES string of the molecule is CCCC1NC2(CC2)C(=O)N1C1C2C3CCC(C3)C21. The molecule has 1 aliphatic heterocycles. The molecule has 3 heteroatoms. The molecule has 1 saturated heterocycles. The molecule has 1 heterocycles. The number of nitrogens with one attached hydrogen (secondary N) is 1. The lowest BCUT2D eigenvalue weighted by molar-refractivity contribution is -0.132. The standard InChI is InChI=1S/C16H24N2O/c1-2-3-11-17-16(6-7-16)15(19)18(11)14-12-9-4-5-10(8-9)13(12)14/h9-14,17H,2-8H2,1H3. The normalized spacial score (nSPS) is 52.1. The summed E-state index contributed by atoms with van der Waals surface area (Å²) >= 11 is 0. The number of rotatable bonds is 3. The number of fused-ring (bicyclic) bond motifs is 5. The van der Waals surface area contributed by atoms with E-state index in [4.69, 9.17) is 0 Å². The maximum atomic E-state index is 12.8. The molecule has 1 N–H and O–H groups in total. The first kappa shape index (κ1) is 11.1. The van der Waals surface area contributed by atoms with Gasteiger partial charge in [0.25, 0.3) is 0 Å². The summed E-state index contributed by atoms with van der Waals surface area (Å²) in [5, 5.41) is 3.68. The summed E-state index contributed by atoms with van der Waals surface area (Å²) in [6.07, 6.45) is 9.20. The van der Waals surface area contributed by atoms with Crippen LogP contribution in [-0.2, 0) is 4.79 Å². The summed E-state index contributed by atoms with van der Waals surface area (Å²) in [6, 6.07) is 0.628. The van der Waals surface area contributed by atoms with Crippen molar-refractivity contribution in [3.8, 4) is 0 Å². The molecule has 5 aliphatic rings. The Bertz CT molecular complexity index is 428. The molecular formula is C16H24N2O. The van der Waals surface area contributed by atoms with Crippen LogP contribution in [0.4, 0.5) is 0 Å². The van der Waals surface area contributed by atoms with E-state index in [9.17, 15) is 4.79 Å². The van der Waals surface area contributed by atoms with Crippen LogP contribution in [0.1, 0.15) is 51.9 Å². The fourth-order valence-electron chi connectivity index (χ4n) is 5.80. The summed E-state index contributed by atoms with van der Waals surface area (Å²) in [4.78, 5) is 15.1. The van der Waals surface area contributed by atoms with Crippen molar-refractivity contribution in [2.45, 2.75) is 69.6 Å². The van der Waals surface area contributed by atoms with Gasteiger partial charge in [-0.1, -0.05) is 13.3 Å². The lowest BCUT2D eigenvalue weighted by Crippen LogP contribution is -2.41. The van der Waals surface area contributed by atoms with E-state index >= 15 is 0 Å². The van der Waals surface area contributed by atoms with Crippen molar-refractivity contribution in [3.05, 3.63) is 0 Å². The number of carbonyl (C=O) groups is 1. The molecule has 5 unspecified atom stereocenters. The molecule has 5 rings (SSSR count). The zero-order chi connectivity index (χ0) is 12.8. The molecule has 19 heavy (non-hydrogen) atoms. The lowest BCUT2D eigenvalue weighted by Gasteiger charge is -2.27. The van der Waals surface area contributed by atoms with Gasteiger partial charge < -0.3 is 4.90 Å². The number of nitrogens with zero attached hydrogens (tertiary/aromatic N) is 1. The number of amides is 1. The predicted molar refractivity (Wildman–Crippen MR) is 72.2 cm³/mol. The number of hydrogen-bond acceptors (Lipinski definition) is 2. The molecule has 4 saturated carbocycles. The Labute approximate surface area is 115 Å². The minimum absolute atomic E-state index is 0.101. The minimum atomic E-state index is -0.101. The third kappa shape index (κ3) is 1.26. The lowest BCUT2D eigenvalue weighted by atomic mass is 10.0. The van der Waals surface area contributed by atoms with Gasteiger partial charge in [0.1, 0.15) is 0 Å². The summed E-state index contributed by atoms with van der Waals surface area (Å²) in [5.41, 5.74) is -0.101. The van der Waals surface area contributed by atoms with E-state index in [1.807, 2.05) is 0 Å². The van der Waals surface area contributed by atoms with Gasteiger partial charge >= 0.3 is 0 Å². The molecule has 1 spiro atoms. The maximum absolute atomic E-state index is 12.8. The van der Waals surface area contributed by atoms with Crippen molar-refractivity contribution in [2.24, 2.45) is 23.7 Å². The second-order valence-corrected chi connectivity index (χ2v) is 7.72. The largest absolute Gasteiger partial charge is 0.322 e. The van der Waals surface area contributed by atoms with Gasteiger partial charge in [0, 0.05) is 6.04 Å². The van der Waals surface area contributed by atoms with E-state index in [0.29, 0.717) is 18.1 Å². The summed E-state index contributed by atoms with van der Waals surface area (Å²) in [5.74, 6) is 4.16. The quantitative estimate of drug-likeness (QED) is 0.843. The van der Waals surface area contributed by atoms with Crippen LogP contribution in [0.25, 0.3) is 0 Å². The monoisotopic (exact) mass is 260 g/mol. The average molecular weight is 260 g/mol. The molecule has 0 aromatic carbocycles. The highest BCUT2D eigenvalue weighted by Gasteiger charge is 2.71. The van der Waals surface area contributed by atoms with Gasteiger partial charge in [0.2, 0.25) is 5.91 Å². The first-order valence-electron chi connectivity index (χ1n) is 8.35. The molecule has 0 aromatic rings. The first-order chi connectivity index (χ1) is 9.25. The van der Waals surface area contributed by atoms with Crippen molar-refractivity contribution >= 4 is 5.91 Å². The predicted octanol–water partition coefficient (Wildman–Crippen LogP) is 2.12. The van der Waals surface area contributed by atoms with Gasteiger partial charge in [-0.3, -0.25) is 10.1 Å². The molecule has 3 nitrogen and oxygen atoms in total. The van der Waals surface area contributed by atoms with E-state index in [2.05, 4.69) is 17.1 Å². The van der Waals surface area contributed by atoms with Crippen LogP contribution >= 0.6 is 0 Å². The van der Waals surface area contributed by atoms with E-state index in [0.717, 1.165) is 42.9 Å². The number of carbonyl (C=O) groups excluding carboxylic acids is 1. The van der Waals surface area contributed by atoms with Gasteiger partial charge in [-0.15, -0.1) is 0 Å². The van der Waals surface area contributed by atoms with Crippen LogP contribution in [0.5, 0.6) is 0 Å². The van der Waals surface area contributed by atoms with Crippen molar-refractivity contribution in [1.29, 1.82) is 0 Å². The second kappa shape index (κ2) is 3.36. The molecule has 0 aromatic heterocycles. The third-order valence-electron chi connectivity index (χ3n) is 6.75. The molecule has 2 bridgehead atoms. The summed E-state index contributed by atoms with van der Waals surface area (Å²) in [7, 11) is 0. The van der Waals surface area contributed by atoms with Crippen molar-refractivity contribution < 1.29 is 4.79 Å². The van der Waals surface area contributed by atoms with Gasteiger partial charge in [-0.25, -0.2) is 0 Å². The smallest absolute Gasteiger partial charge is 0.244 e. The molecule has 5 atom stereocenters. The van der Waals surface area contributed by atoms with Crippen LogP contribution in [0.2, 0.25) is 0 Å². The molecule has 0 radical (unpaired) electrons. The van der Waals surface area contributed by atoms with Gasteiger partial charge in [0.15, 0.2) is 0 Å². The highest BCUT2D eigenvalue weighted by atomic mass is 16.2. The Morgan fingerprint density at radius 2 is 1.95 bits per heavy atom. The van der Waals surface area contributed by atoms with Crippen LogP contribution in [0, 0.1) is 23.7 Å². The summed E-state index contributed by atoms with van der Waals surface area (Å²) in [6.45, 7) is 2.24. The molecular weight excluding hydrogens is 236 g/mol. The fourth-order valence-corrected chi connectivity index (χ4v) is 5.80. The zero-order valence-electron chi connectivity index (χ0n) is 11.8. The van der Waals surface area contributed by atoms with Crippen molar-refractivity contribution in [2.75, 3.05) is 0 Å². The Balaban J connectivity index is 1.43. The van der Waals surface area contributed by atoms with E-state index in [-0.39, 0.29) is 5.54 Å². The Kier molecular flexibility index (Phi) is 1.97. The second-order valence-electron chi connectivity index (χ2n) is 7.72. The number of hydrogen-bond donors (Lipinski definition) is 1. The maximum Gasteiger partial charge on any atom is 0.244 e. The van der Waals surface area contributed by atoms with E-state index < -0.39 is 0 Å². The average Bonchev–Trinajstić information content (AvgIpc) is 3.22. The van der Waals surface area contributed by atoms with Crippen LogP contribution < -0.4 is 5.32 Å². The van der Waals surface area contributed by atoms with E-state index in [1.165, 1.54) is 25.7 Å². The Hall–Kier alpha value is -0.570. The molecule has 104 valence electrons. The molecule has 5 fully saturated rings. The van der Waals surface area contributed by atoms with Crippen LogP contribution in [0.3, 0.4) is 0 Å². The fraction of sp³-hybridized carbons (Fsp3) is 0.938. The summed E-state index contributed by atoms with van der Waals surface area (Å²) < 4.78 is 0. The van der Waals surface area contributed by atoms with Gasteiger partial charge in [-0.2, -0.15) is 0 Å². The third-order valence-corrected chi connectivity index (χ3v) is 6.75. The first-order valence-corrected chi connectivity index (χ1v) is 8.35. The Morgan fingerprint density at radius 3 is 2.53 bits per heavy atom. The van der Waals surface area contributed by atoms with Crippen LogP contribution in [0.15, 0.2) is 0 Å². The Morgan fingerprint density at radius 1 is 1.26 bits per heavy atom.